The first-order chi connectivity index (χ1) is 21.2. The molecule has 234 valence electrons. The van der Waals surface area contributed by atoms with Crippen LogP contribution in [0.3, 0.4) is 0 Å². The van der Waals surface area contributed by atoms with Crippen molar-refractivity contribution in [1.82, 2.24) is 9.88 Å². The van der Waals surface area contributed by atoms with Crippen LogP contribution in [0.4, 0.5) is 0 Å². The average molecular weight is 632 g/mol. The predicted octanol–water partition coefficient (Wildman–Crippen LogP) is 7.28. The van der Waals surface area contributed by atoms with Crippen molar-refractivity contribution in [2.75, 3.05) is 32.2 Å². The van der Waals surface area contributed by atoms with E-state index < -0.39 is 0 Å². The van der Waals surface area contributed by atoms with Crippen LogP contribution in [0.25, 0.3) is 16.8 Å². The van der Waals surface area contributed by atoms with E-state index in [0.29, 0.717) is 23.1 Å². The molecule has 5 N–H and O–H groups in total. The molecular formula is C36H46ClN5OS. The van der Waals surface area contributed by atoms with Crippen molar-refractivity contribution < 1.29 is 4.74 Å². The van der Waals surface area contributed by atoms with Gasteiger partial charge in [-0.25, -0.2) is 0 Å². The third-order valence-electron chi connectivity index (χ3n) is 8.11. The van der Waals surface area contributed by atoms with Gasteiger partial charge in [-0.1, -0.05) is 41.9 Å². The van der Waals surface area contributed by atoms with Crippen LogP contribution in [0.2, 0.25) is 0 Å². The number of nitrogens with two attached hydrogens (primary N) is 2. The number of ether oxygens (including phenoxy) is 1. The lowest BCUT2D eigenvalue weighted by atomic mass is 10.0. The average Bonchev–Trinajstić information content (AvgIpc) is 3.29. The largest absolute Gasteiger partial charge is 0.493 e. The molecule has 2 aromatic carbocycles. The van der Waals surface area contributed by atoms with Crippen molar-refractivity contribution in [1.29, 1.82) is 0 Å². The van der Waals surface area contributed by atoms with Gasteiger partial charge in [0.15, 0.2) is 0 Å². The standard InChI is InChI=1S/C36H46ClN5OS/c1-24-17-32-14-12-29(37)20-34(25(2)40-4)35(39)23-44-22-30(38)21-31(41-5)13-11-27-18-28-9-6-7-10-33(28)36(19-27)43-16-8-15-42(32)26(24)3/h6-7,9-10,12,14,17-21,35,40H,8,11,13,15-16,22-23,38-39H2,1-5H3/b14-12-,29-20-,30-21?,34-25-,41-31?/t35-/m1/s1. The van der Waals surface area contributed by atoms with Crippen LogP contribution in [0.1, 0.15) is 42.3 Å². The monoisotopic (exact) mass is 631 g/mol. The summed E-state index contributed by atoms with van der Waals surface area (Å²) in [7, 11) is 3.72. The van der Waals surface area contributed by atoms with Crippen LogP contribution in [0.5, 0.6) is 5.75 Å². The minimum absolute atomic E-state index is 0.209. The number of rotatable bonds is 1. The van der Waals surface area contributed by atoms with Gasteiger partial charge in [0.2, 0.25) is 0 Å². The smallest absolute Gasteiger partial charge is 0.127 e. The summed E-state index contributed by atoms with van der Waals surface area (Å²) in [5.74, 6) is 2.29. The third kappa shape index (κ3) is 8.84. The molecule has 8 heteroatoms. The van der Waals surface area contributed by atoms with Gasteiger partial charge in [0, 0.05) is 77.1 Å². The zero-order chi connectivity index (χ0) is 31.6. The van der Waals surface area contributed by atoms with Gasteiger partial charge in [-0.05, 0) is 98.6 Å². The summed E-state index contributed by atoms with van der Waals surface area (Å²) >= 11 is 8.48. The molecule has 0 spiro atoms. The highest BCUT2D eigenvalue weighted by atomic mass is 35.5. The number of hydrogen-bond acceptors (Lipinski definition) is 6. The van der Waals surface area contributed by atoms with Gasteiger partial charge in [-0.15, -0.1) is 0 Å². The number of aliphatic imine (C=N–C) groups is 1. The van der Waals surface area contributed by atoms with E-state index >= 15 is 0 Å². The Labute approximate surface area is 272 Å². The quantitative estimate of drug-likeness (QED) is 0.263. The van der Waals surface area contributed by atoms with Crippen molar-refractivity contribution in [3.05, 3.63) is 105 Å². The molecule has 1 aromatic heterocycles. The van der Waals surface area contributed by atoms with Crippen LogP contribution >= 0.6 is 23.4 Å². The van der Waals surface area contributed by atoms with Crippen LogP contribution in [-0.4, -0.2) is 48.5 Å². The van der Waals surface area contributed by atoms with Gasteiger partial charge >= 0.3 is 0 Å². The third-order valence-corrected chi connectivity index (χ3v) is 9.48. The van der Waals surface area contributed by atoms with Crippen molar-refractivity contribution in [2.24, 2.45) is 16.5 Å². The summed E-state index contributed by atoms with van der Waals surface area (Å²) in [6.45, 7) is 7.79. The Morgan fingerprint density at radius 1 is 1.11 bits per heavy atom. The zero-order valence-corrected chi connectivity index (χ0v) is 28.2. The number of nitrogens with one attached hydrogen (secondary N) is 1. The molecule has 0 amide bonds. The Kier molecular flexibility index (Phi) is 12.2. The number of thioether (sulfide) groups is 1. The maximum atomic E-state index is 6.77. The number of benzene rings is 2. The highest BCUT2D eigenvalue weighted by molar-refractivity contribution is 7.99. The van der Waals surface area contributed by atoms with Gasteiger partial charge in [0.1, 0.15) is 5.75 Å². The summed E-state index contributed by atoms with van der Waals surface area (Å²) in [6.07, 6.45) is 10.5. The second kappa shape index (κ2) is 16.1. The topological polar surface area (TPSA) is 90.6 Å². The molecule has 1 aliphatic rings. The number of fused-ring (bicyclic) bond motifs is 5. The van der Waals surface area contributed by atoms with Crippen molar-refractivity contribution in [3.63, 3.8) is 0 Å². The summed E-state index contributed by atoms with van der Waals surface area (Å²) in [4.78, 5) is 4.53. The first kappa shape index (κ1) is 33.5. The lowest BCUT2D eigenvalue weighted by molar-refractivity contribution is 0.304. The molecule has 1 aliphatic heterocycles. The number of allylic oxidation sites excluding steroid dienone is 4. The molecule has 0 unspecified atom stereocenters. The molecule has 2 heterocycles. The minimum atomic E-state index is -0.209. The maximum absolute atomic E-state index is 6.77. The van der Waals surface area contributed by atoms with E-state index in [2.05, 4.69) is 77.3 Å². The highest BCUT2D eigenvalue weighted by Gasteiger charge is 2.13. The number of nitrogens with zero attached hydrogens (tertiary/aromatic N) is 2. The maximum Gasteiger partial charge on any atom is 0.127 e. The Bertz CT molecular complexity index is 1610. The Hall–Kier alpha value is -3.39. The fourth-order valence-corrected chi connectivity index (χ4v) is 6.47. The lowest BCUT2D eigenvalue weighted by Gasteiger charge is -2.17. The molecule has 3 aromatic rings. The Morgan fingerprint density at radius 3 is 2.68 bits per heavy atom. The molecular weight excluding hydrogens is 586 g/mol. The number of halogens is 1. The van der Waals surface area contributed by atoms with E-state index in [4.69, 9.17) is 27.8 Å². The first-order valence-corrected chi connectivity index (χ1v) is 16.7. The van der Waals surface area contributed by atoms with Crippen LogP contribution in [0.15, 0.2) is 87.7 Å². The van der Waals surface area contributed by atoms with Crippen molar-refractivity contribution in [3.8, 4) is 5.75 Å². The van der Waals surface area contributed by atoms with Gasteiger partial charge in [0.05, 0.1) is 6.61 Å². The van der Waals surface area contributed by atoms with E-state index in [0.717, 1.165) is 65.3 Å². The summed E-state index contributed by atoms with van der Waals surface area (Å²) in [5.41, 5.74) is 21.7. The highest BCUT2D eigenvalue weighted by Crippen LogP contribution is 2.29. The molecule has 0 saturated heterocycles. The number of aryl methyl sites for hydroxylation is 2. The molecule has 2 bridgehead atoms. The second-order valence-corrected chi connectivity index (χ2v) is 12.7. The number of aromatic nitrogens is 1. The lowest BCUT2D eigenvalue weighted by Crippen LogP contribution is -2.28. The SMILES string of the molecule is CN=C1C=C(N)CSC[C@@H](N)C(=C(/C)NC)/C=C(Cl)/C=C\c2cc(C)c(C)n2CCCOc2cc(cc3ccccc23)CC1. The van der Waals surface area contributed by atoms with E-state index in [1.807, 2.05) is 39.2 Å². The van der Waals surface area contributed by atoms with Gasteiger partial charge in [-0.2, -0.15) is 11.8 Å². The van der Waals surface area contributed by atoms with Crippen LogP contribution in [-0.2, 0) is 13.0 Å². The van der Waals surface area contributed by atoms with E-state index in [9.17, 15) is 0 Å². The molecule has 0 fully saturated rings. The van der Waals surface area contributed by atoms with Crippen molar-refractivity contribution in [2.45, 2.75) is 52.6 Å². The summed E-state index contributed by atoms with van der Waals surface area (Å²) < 4.78 is 8.78. The molecule has 0 saturated carbocycles. The van der Waals surface area contributed by atoms with Crippen LogP contribution in [0, 0.1) is 13.8 Å². The van der Waals surface area contributed by atoms with E-state index in [1.165, 1.54) is 22.2 Å². The van der Waals surface area contributed by atoms with E-state index in [1.54, 1.807) is 11.8 Å². The Morgan fingerprint density at radius 2 is 1.91 bits per heavy atom. The molecule has 1 atom stereocenters. The fraction of sp³-hybridized carbons (Fsp3) is 0.361. The predicted molar refractivity (Wildman–Crippen MR) is 192 cm³/mol. The van der Waals surface area contributed by atoms with Gasteiger partial charge in [0.25, 0.3) is 0 Å². The molecule has 6 nitrogen and oxygen atoms in total. The molecule has 0 aliphatic carbocycles. The minimum Gasteiger partial charge on any atom is -0.493 e. The zero-order valence-electron chi connectivity index (χ0n) is 26.6. The molecule has 0 radical (unpaired) electrons. The van der Waals surface area contributed by atoms with Gasteiger partial charge in [-0.3, -0.25) is 4.99 Å². The first-order valence-electron chi connectivity index (χ1n) is 15.2. The number of hydrogen-bond donors (Lipinski definition) is 3. The molecule has 44 heavy (non-hydrogen) atoms. The van der Waals surface area contributed by atoms with E-state index in [-0.39, 0.29) is 6.04 Å². The van der Waals surface area contributed by atoms with Gasteiger partial charge < -0.3 is 26.1 Å². The van der Waals surface area contributed by atoms with Crippen molar-refractivity contribution >= 4 is 45.9 Å². The summed E-state index contributed by atoms with van der Waals surface area (Å²) in [6, 6.07) is 14.9. The molecule has 4 rings (SSSR count). The Balaban J connectivity index is 1.67. The second-order valence-electron chi connectivity index (χ2n) is 11.3. The fourth-order valence-electron chi connectivity index (χ4n) is 5.42. The van der Waals surface area contributed by atoms with Crippen LogP contribution < -0.4 is 21.5 Å². The summed E-state index contributed by atoms with van der Waals surface area (Å²) in [5, 5.41) is 6.17. The normalized spacial score (nSPS) is 21.9.